The number of pyridine rings is 1. The molecule has 0 radical (unpaired) electrons. The van der Waals surface area contributed by atoms with Gasteiger partial charge in [0.2, 0.25) is 0 Å². The van der Waals surface area contributed by atoms with Crippen LogP contribution < -0.4 is 10.6 Å². The minimum atomic E-state index is 0.575. The minimum absolute atomic E-state index is 0.575. The number of hydrogen-bond donors (Lipinski definition) is 1. The molecule has 3 rings (SSSR count). The highest BCUT2D eigenvalue weighted by atomic mass is 16.3. The second-order valence-electron chi connectivity index (χ2n) is 4.84. The monoisotopic (exact) mass is 267 g/mol. The van der Waals surface area contributed by atoms with E-state index in [1.54, 1.807) is 12.5 Å². The van der Waals surface area contributed by atoms with E-state index in [9.17, 15) is 0 Å². The average Bonchev–Trinajstić information content (AvgIpc) is 2.96. The van der Waals surface area contributed by atoms with Crippen LogP contribution in [0.15, 0.2) is 53.3 Å². The minimum Gasteiger partial charge on any atom is -0.464 e. The molecule has 4 nitrogen and oxygen atoms in total. The summed E-state index contributed by atoms with van der Waals surface area (Å²) in [5, 5.41) is 1.04. The van der Waals surface area contributed by atoms with E-state index in [0.717, 1.165) is 28.9 Å². The van der Waals surface area contributed by atoms with Crippen molar-refractivity contribution in [1.82, 2.24) is 4.98 Å². The van der Waals surface area contributed by atoms with Gasteiger partial charge in [-0.2, -0.15) is 0 Å². The molecule has 0 amide bonds. The van der Waals surface area contributed by atoms with Gasteiger partial charge in [0.05, 0.1) is 11.6 Å². The largest absolute Gasteiger partial charge is 0.464 e. The number of furan rings is 1. The summed E-state index contributed by atoms with van der Waals surface area (Å²) in [6, 6.07) is 12.2. The second-order valence-corrected chi connectivity index (χ2v) is 4.84. The van der Waals surface area contributed by atoms with Crippen molar-refractivity contribution in [2.75, 3.05) is 11.9 Å². The predicted octanol–water partition coefficient (Wildman–Crippen LogP) is 2.92. The molecular weight excluding hydrogens is 250 g/mol. The first kappa shape index (κ1) is 12.7. The molecule has 0 saturated heterocycles. The Bertz CT molecular complexity index is 703. The van der Waals surface area contributed by atoms with Crippen LogP contribution in [-0.4, -0.2) is 12.0 Å². The Balaban J connectivity index is 1.84. The Morgan fingerprint density at radius 2 is 1.85 bits per heavy atom. The molecule has 0 fully saturated rings. The normalized spacial score (nSPS) is 10.9. The molecule has 4 heteroatoms. The zero-order valence-electron chi connectivity index (χ0n) is 11.4. The Labute approximate surface area is 117 Å². The summed E-state index contributed by atoms with van der Waals surface area (Å²) < 4.78 is 5.41. The molecule has 3 aromatic rings. The number of aromatic nitrogens is 1. The number of fused-ring (bicyclic) bond motifs is 1. The van der Waals surface area contributed by atoms with E-state index >= 15 is 0 Å². The summed E-state index contributed by atoms with van der Waals surface area (Å²) >= 11 is 0. The molecule has 0 unspecified atom stereocenters. The van der Waals surface area contributed by atoms with E-state index in [2.05, 4.69) is 34.1 Å². The maximum atomic E-state index is 5.61. The summed E-state index contributed by atoms with van der Waals surface area (Å²) in [6.45, 7) is 1.37. The van der Waals surface area contributed by atoms with Gasteiger partial charge in [-0.15, -0.1) is 0 Å². The van der Waals surface area contributed by atoms with Crippen molar-refractivity contribution < 1.29 is 4.42 Å². The molecule has 0 aliphatic heterocycles. The third-order valence-corrected chi connectivity index (χ3v) is 3.40. The van der Waals surface area contributed by atoms with Gasteiger partial charge in [-0.25, -0.2) is 4.98 Å². The lowest BCUT2D eigenvalue weighted by molar-refractivity contribution is 0.615. The van der Waals surface area contributed by atoms with Crippen LogP contribution in [0.2, 0.25) is 0 Å². The fourth-order valence-corrected chi connectivity index (χ4v) is 2.31. The van der Waals surface area contributed by atoms with Crippen molar-refractivity contribution in [3.63, 3.8) is 0 Å². The summed E-state index contributed by atoms with van der Waals surface area (Å²) in [5.74, 6) is 0.930. The molecular formula is C16H17N3O. The fraction of sp³-hybridized carbons (Fsp3) is 0.188. The lowest BCUT2D eigenvalue weighted by Crippen LogP contribution is -2.17. The van der Waals surface area contributed by atoms with E-state index in [1.807, 2.05) is 19.2 Å². The highest BCUT2D eigenvalue weighted by molar-refractivity contribution is 5.88. The predicted molar refractivity (Wildman–Crippen MR) is 80.4 cm³/mol. The average molecular weight is 267 g/mol. The summed E-state index contributed by atoms with van der Waals surface area (Å²) in [4.78, 5) is 6.58. The van der Waals surface area contributed by atoms with Crippen LogP contribution in [0.4, 0.5) is 5.82 Å². The van der Waals surface area contributed by atoms with Crippen LogP contribution in [0.25, 0.3) is 11.0 Å². The first-order valence-corrected chi connectivity index (χ1v) is 6.59. The van der Waals surface area contributed by atoms with Crippen molar-refractivity contribution in [1.29, 1.82) is 0 Å². The number of anilines is 1. The molecule has 2 heterocycles. The molecule has 2 N–H and O–H groups in total. The number of rotatable bonds is 4. The molecule has 102 valence electrons. The summed E-state index contributed by atoms with van der Waals surface area (Å²) in [5.41, 5.74) is 8.85. The molecule has 0 aliphatic carbocycles. The Morgan fingerprint density at radius 1 is 1.10 bits per heavy atom. The fourth-order valence-electron chi connectivity index (χ4n) is 2.31. The van der Waals surface area contributed by atoms with Crippen LogP contribution >= 0.6 is 0 Å². The van der Waals surface area contributed by atoms with Gasteiger partial charge in [0.25, 0.3) is 0 Å². The SMILES string of the molecule is CN(Cc1ccc(CN)cc1)c1nccc2occc12. The van der Waals surface area contributed by atoms with Gasteiger partial charge in [0.15, 0.2) is 0 Å². The first-order chi connectivity index (χ1) is 9.78. The van der Waals surface area contributed by atoms with E-state index in [0.29, 0.717) is 6.54 Å². The van der Waals surface area contributed by atoms with Crippen LogP contribution in [-0.2, 0) is 13.1 Å². The van der Waals surface area contributed by atoms with E-state index in [1.165, 1.54) is 5.56 Å². The smallest absolute Gasteiger partial charge is 0.139 e. The van der Waals surface area contributed by atoms with Gasteiger partial charge in [-0.1, -0.05) is 24.3 Å². The quantitative estimate of drug-likeness (QED) is 0.789. The van der Waals surface area contributed by atoms with Gasteiger partial charge in [-0.05, 0) is 23.3 Å². The van der Waals surface area contributed by atoms with Gasteiger partial charge in [0.1, 0.15) is 11.4 Å². The van der Waals surface area contributed by atoms with E-state index in [4.69, 9.17) is 10.2 Å². The Morgan fingerprint density at radius 3 is 2.60 bits per heavy atom. The molecule has 20 heavy (non-hydrogen) atoms. The van der Waals surface area contributed by atoms with Crippen molar-refractivity contribution in [2.45, 2.75) is 13.1 Å². The number of nitrogens with zero attached hydrogens (tertiary/aromatic N) is 2. The lowest BCUT2D eigenvalue weighted by atomic mass is 10.1. The highest BCUT2D eigenvalue weighted by Crippen LogP contribution is 2.25. The Kier molecular flexibility index (Phi) is 3.39. The van der Waals surface area contributed by atoms with Crippen LogP contribution in [0.3, 0.4) is 0 Å². The third kappa shape index (κ3) is 2.38. The summed E-state index contributed by atoms with van der Waals surface area (Å²) in [7, 11) is 2.03. The highest BCUT2D eigenvalue weighted by Gasteiger charge is 2.09. The zero-order chi connectivity index (χ0) is 13.9. The number of hydrogen-bond acceptors (Lipinski definition) is 4. The van der Waals surface area contributed by atoms with Gasteiger partial charge < -0.3 is 15.1 Å². The standard InChI is InChI=1S/C16H17N3O/c1-19(11-13-4-2-12(10-17)3-5-13)16-14-7-9-20-15(14)6-8-18-16/h2-9H,10-11,17H2,1H3. The number of benzene rings is 1. The molecule has 2 aromatic heterocycles. The van der Waals surface area contributed by atoms with Gasteiger partial charge in [0, 0.05) is 26.3 Å². The zero-order valence-corrected chi connectivity index (χ0v) is 11.4. The topological polar surface area (TPSA) is 55.3 Å². The van der Waals surface area contributed by atoms with Gasteiger partial charge >= 0.3 is 0 Å². The molecule has 0 aliphatic rings. The van der Waals surface area contributed by atoms with Crippen molar-refractivity contribution in [3.8, 4) is 0 Å². The molecule has 0 saturated carbocycles. The van der Waals surface area contributed by atoms with E-state index < -0.39 is 0 Å². The van der Waals surface area contributed by atoms with Crippen molar-refractivity contribution in [2.24, 2.45) is 5.73 Å². The maximum Gasteiger partial charge on any atom is 0.139 e. The van der Waals surface area contributed by atoms with Crippen molar-refractivity contribution >= 4 is 16.8 Å². The van der Waals surface area contributed by atoms with Crippen LogP contribution in [0.1, 0.15) is 11.1 Å². The van der Waals surface area contributed by atoms with Crippen LogP contribution in [0.5, 0.6) is 0 Å². The molecule has 0 atom stereocenters. The summed E-state index contributed by atoms with van der Waals surface area (Å²) in [6.07, 6.45) is 3.47. The van der Waals surface area contributed by atoms with E-state index in [-0.39, 0.29) is 0 Å². The third-order valence-electron chi connectivity index (χ3n) is 3.40. The van der Waals surface area contributed by atoms with Crippen molar-refractivity contribution in [3.05, 3.63) is 60.0 Å². The van der Waals surface area contributed by atoms with Crippen LogP contribution in [0, 0.1) is 0 Å². The molecule has 0 bridgehead atoms. The molecule has 0 spiro atoms. The first-order valence-electron chi connectivity index (χ1n) is 6.59. The molecule has 1 aromatic carbocycles. The lowest BCUT2D eigenvalue weighted by Gasteiger charge is -2.19. The number of nitrogens with two attached hydrogens (primary N) is 1. The Hall–Kier alpha value is -2.33. The second kappa shape index (κ2) is 5.35. The maximum absolute atomic E-state index is 5.61. The van der Waals surface area contributed by atoms with Gasteiger partial charge in [-0.3, -0.25) is 0 Å².